The van der Waals surface area contributed by atoms with Gasteiger partial charge in [0.15, 0.2) is 0 Å². The van der Waals surface area contributed by atoms with Crippen LogP contribution in [0.4, 0.5) is 0 Å². The van der Waals surface area contributed by atoms with Crippen molar-refractivity contribution in [1.82, 2.24) is 9.88 Å². The van der Waals surface area contributed by atoms with E-state index < -0.39 is 0 Å². The summed E-state index contributed by atoms with van der Waals surface area (Å²) < 4.78 is 6.32. The van der Waals surface area contributed by atoms with Crippen LogP contribution in [0.5, 0.6) is 5.75 Å². The van der Waals surface area contributed by atoms with Gasteiger partial charge in [-0.2, -0.15) is 0 Å². The second-order valence-electron chi connectivity index (χ2n) is 7.77. The van der Waals surface area contributed by atoms with Crippen molar-refractivity contribution >= 4 is 22.2 Å². The zero-order valence-electron chi connectivity index (χ0n) is 16.5. The van der Waals surface area contributed by atoms with Crippen LogP contribution >= 0.6 is 11.3 Å². The molecule has 4 heteroatoms. The number of aromatic nitrogens is 1. The number of hydrogen-bond acceptors (Lipinski definition) is 3. The first-order chi connectivity index (χ1) is 14.3. The third-order valence-corrected chi connectivity index (χ3v) is 6.77. The smallest absolute Gasteiger partial charge is 0.120 e. The van der Waals surface area contributed by atoms with E-state index >= 15 is 0 Å². The Bertz CT molecular complexity index is 1060. The molecule has 3 nitrogen and oxygen atoms in total. The fraction of sp³-hybridized carbons (Fsp3) is 0.280. The van der Waals surface area contributed by atoms with Crippen LogP contribution in [0.25, 0.3) is 21.3 Å². The van der Waals surface area contributed by atoms with E-state index in [4.69, 9.17) is 4.74 Å². The molecule has 3 heterocycles. The summed E-state index contributed by atoms with van der Waals surface area (Å²) in [4.78, 5) is 7.25. The molecule has 4 aromatic rings. The Hall–Kier alpha value is -2.56. The minimum atomic E-state index is 0.318. The molecule has 0 amide bonds. The van der Waals surface area contributed by atoms with Crippen molar-refractivity contribution in [2.24, 2.45) is 0 Å². The predicted molar refractivity (Wildman–Crippen MR) is 122 cm³/mol. The fourth-order valence-corrected chi connectivity index (χ4v) is 4.95. The lowest BCUT2D eigenvalue weighted by Crippen LogP contribution is -2.39. The van der Waals surface area contributed by atoms with Gasteiger partial charge in [0.25, 0.3) is 0 Å². The molecule has 0 spiro atoms. The summed E-state index contributed by atoms with van der Waals surface area (Å²) in [5.74, 6) is 0.994. The molecule has 0 aliphatic carbocycles. The second-order valence-corrected chi connectivity index (χ2v) is 8.72. The molecule has 0 saturated carbocycles. The average molecular weight is 403 g/mol. The highest BCUT2D eigenvalue weighted by molar-refractivity contribution is 7.13. The summed E-state index contributed by atoms with van der Waals surface area (Å²) in [5.41, 5.74) is 3.90. The maximum Gasteiger partial charge on any atom is 0.120 e. The molecule has 1 aliphatic rings. The number of ether oxygens (including phenoxy) is 1. The average Bonchev–Trinajstić information content (AvgIpc) is 3.44. The lowest BCUT2D eigenvalue weighted by atomic mass is 10.1. The van der Waals surface area contributed by atoms with Crippen molar-refractivity contribution in [3.05, 3.63) is 77.8 Å². The summed E-state index contributed by atoms with van der Waals surface area (Å²) >= 11 is 1.77. The molecular formula is C25H26N2OS. The molecule has 1 N–H and O–H groups in total. The number of hydrogen-bond donors (Lipinski definition) is 1. The third-order valence-electron chi connectivity index (χ3n) is 5.85. The zero-order valence-corrected chi connectivity index (χ0v) is 17.3. The Kier molecular flexibility index (Phi) is 5.37. The van der Waals surface area contributed by atoms with Gasteiger partial charge in [-0.15, -0.1) is 11.3 Å². The van der Waals surface area contributed by atoms with Crippen LogP contribution in [-0.2, 0) is 6.42 Å². The SMILES string of the molecule is c1cc(OC2CCN(CCc3c[nH]c4ccccc34)CC2)cc(-c2cccs2)c1. The molecule has 0 radical (unpaired) electrons. The maximum absolute atomic E-state index is 6.32. The molecular weight excluding hydrogens is 376 g/mol. The van der Waals surface area contributed by atoms with E-state index in [-0.39, 0.29) is 0 Å². The van der Waals surface area contributed by atoms with Crippen LogP contribution in [-0.4, -0.2) is 35.6 Å². The Balaban J connectivity index is 1.14. The Morgan fingerprint density at radius 2 is 1.90 bits per heavy atom. The monoisotopic (exact) mass is 402 g/mol. The predicted octanol–water partition coefficient (Wildman–Crippen LogP) is 5.98. The molecule has 0 atom stereocenters. The zero-order chi connectivity index (χ0) is 19.5. The molecule has 1 aliphatic heterocycles. The van der Waals surface area contributed by atoms with Gasteiger partial charge >= 0.3 is 0 Å². The number of aromatic amines is 1. The summed E-state index contributed by atoms with van der Waals surface area (Å²) in [6.07, 6.45) is 5.77. The number of piperidine rings is 1. The summed E-state index contributed by atoms with van der Waals surface area (Å²) in [5, 5.41) is 3.48. The van der Waals surface area contributed by atoms with Crippen molar-refractivity contribution in [3.63, 3.8) is 0 Å². The normalized spacial score (nSPS) is 15.7. The van der Waals surface area contributed by atoms with Gasteiger partial charge in [-0.3, -0.25) is 0 Å². The highest BCUT2D eigenvalue weighted by Gasteiger charge is 2.20. The first-order valence-electron chi connectivity index (χ1n) is 10.4. The minimum Gasteiger partial charge on any atom is -0.490 e. The van der Waals surface area contributed by atoms with Gasteiger partial charge in [0, 0.05) is 41.6 Å². The molecule has 5 rings (SSSR count). The van der Waals surface area contributed by atoms with Crippen molar-refractivity contribution in [2.75, 3.05) is 19.6 Å². The van der Waals surface area contributed by atoms with Crippen LogP contribution in [0.1, 0.15) is 18.4 Å². The molecule has 1 fully saturated rings. The molecule has 2 aromatic heterocycles. The van der Waals surface area contributed by atoms with E-state index in [1.807, 2.05) is 0 Å². The summed E-state index contributed by atoms with van der Waals surface area (Å²) in [6.45, 7) is 3.33. The Labute approximate surface area is 175 Å². The summed E-state index contributed by atoms with van der Waals surface area (Å²) in [7, 11) is 0. The standard InChI is InChI=1S/C25H26N2OS/c1-2-8-24-23(7-1)20(18-26-24)10-13-27-14-11-21(12-15-27)28-22-6-3-5-19(17-22)25-9-4-16-29-25/h1-9,16-18,21,26H,10-15H2. The van der Waals surface area contributed by atoms with Gasteiger partial charge in [0.1, 0.15) is 11.9 Å². The number of nitrogens with one attached hydrogen (secondary N) is 1. The number of H-pyrrole nitrogens is 1. The number of nitrogens with zero attached hydrogens (tertiary/aromatic N) is 1. The van der Waals surface area contributed by atoms with Gasteiger partial charge in [-0.05, 0) is 60.0 Å². The largest absolute Gasteiger partial charge is 0.490 e. The van der Waals surface area contributed by atoms with E-state index in [9.17, 15) is 0 Å². The van der Waals surface area contributed by atoms with E-state index in [1.165, 1.54) is 26.9 Å². The highest BCUT2D eigenvalue weighted by atomic mass is 32.1. The van der Waals surface area contributed by atoms with E-state index in [2.05, 4.69) is 82.1 Å². The first-order valence-corrected chi connectivity index (χ1v) is 11.3. The molecule has 148 valence electrons. The van der Waals surface area contributed by atoms with Crippen molar-refractivity contribution in [1.29, 1.82) is 0 Å². The lowest BCUT2D eigenvalue weighted by molar-refractivity contribution is 0.101. The number of fused-ring (bicyclic) bond motifs is 1. The van der Waals surface area contributed by atoms with Crippen LogP contribution < -0.4 is 4.74 Å². The van der Waals surface area contributed by atoms with Crippen LogP contribution in [0.3, 0.4) is 0 Å². The number of para-hydroxylation sites is 1. The van der Waals surface area contributed by atoms with E-state index in [0.717, 1.165) is 44.6 Å². The molecule has 29 heavy (non-hydrogen) atoms. The number of thiophene rings is 1. The molecule has 2 aromatic carbocycles. The van der Waals surface area contributed by atoms with Gasteiger partial charge in [-0.1, -0.05) is 36.4 Å². The van der Waals surface area contributed by atoms with Crippen molar-refractivity contribution < 1.29 is 4.74 Å². The van der Waals surface area contributed by atoms with E-state index in [0.29, 0.717) is 6.10 Å². The minimum absolute atomic E-state index is 0.318. The van der Waals surface area contributed by atoms with Gasteiger partial charge in [0.2, 0.25) is 0 Å². The fourth-order valence-electron chi connectivity index (χ4n) is 4.23. The Morgan fingerprint density at radius 1 is 1.00 bits per heavy atom. The van der Waals surface area contributed by atoms with Gasteiger partial charge < -0.3 is 14.6 Å². The Morgan fingerprint density at radius 3 is 2.76 bits per heavy atom. The van der Waals surface area contributed by atoms with Gasteiger partial charge in [-0.25, -0.2) is 0 Å². The third kappa shape index (κ3) is 4.24. The molecule has 0 bridgehead atoms. The van der Waals surface area contributed by atoms with Crippen molar-refractivity contribution in [2.45, 2.75) is 25.4 Å². The molecule has 1 saturated heterocycles. The number of benzene rings is 2. The first kappa shape index (κ1) is 18.5. The van der Waals surface area contributed by atoms with Crippen LogP contribution in [0, 0.1) is 0 Å². The maximum atomic E-state index is 6.32. The second kappa shape index (κ2) is 8.44. The number of likely N-dealkylation sites (tertiary alicyclic amines) is 1. The summed E-state index contributed by atoms with van der Waals surface area (Å²) in [6, 6.07) is 21.3. The highest BCUT2D eigenvalue weighted by Crippen LogP contribution is 2.29. The van der Waals surface area contributed by atoms with Gasteiger partial charge in [0.05, 0.1) is 0 Å². The van der Waals surface area contributed by atoms with Crippen LogP contribution in [0.2, 0.25) is 0 Å². The topological polar surface area (TPSA) is 28.3 Å². The number of rotatable bonds is 6. The van der Waals surface area contributed by atoms with E-state index in [1.54, 1.807) is 11.3 Å². The van der Waals surface area contributed by atoms with Crippen LogP contribution in [0.15, 0.2) is 72.2 Å². The molecule has 0 unspecified atom stereocenters. The van der Waals surface area contributed by atoms with Crippen molar-refractivity contribution in [3.8, 4) is 16.2 Å². The quantitative estimate of drug-likeness (QED) is 0.429. The lowest BCUT2D eigenvalue weighted by Gasteiger charge is -2.32.